The molecule has 0 aromatic heterocycles. The smallest absolute Gasteiger partial charge is 0.359 e. The third kappa shape index (κ3) is 3.22. The van der Waals surface area contributed by atoms with Crippen LogP contribution in [0.3, 0.4) is 0 Å². The zero-order valence-corrected chi connectivity index (χ0v) is 16.8. The molecule has 9 heteroatoms. The first-order valence-electron chi connectivity index (χ1n) is 9.58. The Kier molecular flexibility index (Phi) is 5.19. The maximum absolute atomic E-state index is 14.5. The molecule has 2 aromatic rings. The van der Waals surface area contributed by atoms with Crippen LogP contribution in [0, 0.1) is 24.7 Å². The highest BCUT2D eigenvalue weighted by Gasteiger charge is 2.54. The standard InChI is InChI=1S/C21H19F2NO5S/c1-28-30(26,27)29-15-9-7-14(8-10-15)21(13-5-3-2-4-6-13)16-11-12-17(22)18(23)19(16)24-20(21)25/h7-13H,1-6H2/p+1. The summed E-state index contributed by atoms with van der Waals surface area (Å²) >= 11 is 0. The molecule has 2 aliphatic rings. The quantitative estimate of drug-likeness (QED) is 0.710. The van der Waals surface area contributed by atoms with E-state index in [-0.39, 0.29) is 17.4 Å². The molecule has 1 atom stereocenters. The average molecular weight is 436 g/mol. The van der Waals surface area contributed by atoms with Crippen molar-refractivity contribution in [2.24, 2.45) is 5.92 Å². The SMILES string of the molecule is [CH2+]OS(=O)(=O)Oc1ccc(C2(C3CCCCC3)C(=O)Nc3c2ccc(F)c3F)cc1. The van der Waals surface area contributed by atoms with Gasteiger partial charge in [-0.3, -0.25) is 4.79 Å². The number of carbonyl (C=O) groups is 1. The van der Waals surface area contributed by atoms with Gasteiger partial charge in [0.05, 0.1) is 5.69 Å². The number of halogens is 2. The van der Waals surface area contributed by atoms with E-state index in [1.165, 1.54) is 18.2 Å². The first-order chi connectivity index (χ1) is 14.3. The van der Waals surface area contributed by atoms with Gasteiger partial charge in [0.1, 0.15) is 11.2 Å². The lowest BCUT2D eigenvalue weighted by Crippen LogP contribution is -2.43. The summed E-state index contributed by atoms with van der Waals surface area (Å²) < 4.78 is 60.0. The van der Waals surface area contributed by atoms with Gasteiger partial charge >= 0.3 is 10.4 Å². The Hall–Kier alpha value is -2.65. The van der Waals surface area contributed by atoms with Gasteiger partial charge in [0, 0.05) is 0 Å². The highest BCUT2D eigenvalue weighted by atomic mass is 32.3. The van der Waals surface area contributed by atoms with Crippen LogP contribution in [-0.4, -0.2) is 14.3 Å². The maximum Gasteiger partial charge on any atom is 0.488 e. The van der Waals surface area contributed by atoms with Crippen LogP contribution in [0.15, 0.2) is 36.4 Å². The number of carbonyl (C=O) groups excluding carboxylic acids is 1. The fourth-order valence-corrected chi connectivity index (χ4v) is 5.11. The summed E-state index contributed by atoms with van der Waals surface area (Å²) in [4.78, 5) is 13.3. The van der Waals surface area contributed by atoms with Gasteiger partial charge in [0.25, 0.3) is 0 Å². The van der Waals surface area contributed by atoms with Gasteiger partial charge in [0.2, 0.25) is 13.0 Å². The largest absolute Gasteiger partial charge is 0.488 e. The van der Waals surface area contributed by atoms with Crippen LogP contribution in [0.4, 0.5) is 14.5 Å². The molecule has 1 aliphatic heterocycles. The second-order valence-electron chi connectivity index (χ2n) is 7.51. The van der Waals surface area contributed by atoms with E-state index in [1.807, 2.05) is 0 Å². The monoisotopic (exact) mass is 436 g/mol. The van der Waals surface area contributed by atoms with Crippen molar-refractivity contribution in [3.8, 4) is 5.75 Å². The predicted octanol–water partition coefficient (Wildman–Crippen LogP) is 4.22. The zero-order chi connectivity index (χ0) is 21.5. The van der Waals surface area contributed by atoms with E-state index in [9.17, 15) is 22.0 Å². The fraction of sp³-hybridized carbons (Fsp3) is 0.333. The molecule has 1 N–H and O–H groups in total. The molecule has 0 saturated heterocycles. The molecular formula is C21H20F2NO5S+. The minimum absolute atomic E-state index is 0.0230. The molecule has 4 rings (SSSR count). The van der Waals surface area contributed by atoms with Gasteiger partial charge in [-0.1, -0.05) is 37.5 Å². The zero-order valence-electron chi connectivity index (χ0n) is 16.0. The minimum Gasteiger partial charge on any atom is -0.359 e. The Morgan fingerprint density at radius 2 is 1.70 bits per heavy atom. The van der Waals surface area contributed by atoms with Crippen LogP contribution < -0.4 is 9.50 Å². The molecule has 1 saturated carbocycles. The van der Waals surface area contributed by atoms with E-state index in [2.05, 4.69) is 16.6 Å². The number of nitrogens with one attached hydrogen (secondary N) is 1. The number of anilines is 1. The molecule has 1 unspecified atom stereocenters. The van der Waals surface area contributed by atoms with Gasteiger partial charge < -0.3 is 9.50 Å². The van der Waals surface area contributed by atoms with Crippen molar-refractivity contribution in [2.75, 3.05) is 5.32 Å². The first-order valence-corrected chi connectivity index (χ1v) is 10.9. The Balaban J connectivity index is 1.85. The lowest BCUT2D eigenvalue weighted by molar-refractivity contribution is -0.121. The van der Waals surface area contributed by atoms with Gasteiger partial charge in [-0.05, 0) is 52.3 Å². The normalized spacial score (nSPS) is 21.9. The Labute approximate surface area is 173 Å². The molecule has 0 radical (unpaired) electrons. The van der Waals surface area contributed by atoms with Crippen molar-refractivity contribution in [2.45, 2.75) is 37.5 Å². The molecule has 1 heterocycles. The lowest BCUT2D eigenvalue weighted by atomic mass is 9.62. The Bertz CT molecular complexity index is 1080. The third-order valence-corrected chi connectivity index (χ3v) is 6.67. The number of rotatable bonds is 5. The van der Waals surface area contributed by atoms with Gasteiger partial charge in [0.15, 0.2) is 11.6 Å². The van der Waals surface area contributed by atoms with Crippen LogP contribution in [0.25, 0.3) is 0 Å². The molecule has 2 aromatic carbocycles. The molecule has 0 spiro atoms. The third-order valence-electron chi connectivity index (χ3n) is 5.99. The summed E-state index contributed by atoms with van der Waals surface area (Å²) in [5.41, 5.74) is -0.401. The maximum atomic E-state index is 14.5. The van der Waals surface area contributed by atoms with Crippen LogP contribution in [0.5, 0.6) is 5.75 Å². The van der Waals surface area contributed by atoms with Gasteiger partial charge in [-0.25, -0.2) is 8.78 Å². The number of benzene rings is 2. The molecular weight excluding hydrogens is 416 g/mol. The summed E-state index contributed by atoms with van der Waals surface area (Å²) in [7, 11) is -1.47. The molecule has 158 valence electrons. The van der Waals surface area contributed by atoms with Crippen molar-refractivity contribution >= 4 is 22.0 Å². The van der Waals surface area contributed by atoms with Crippen LogP contribution in [0.1, 0.15) is 43.2 Å². The highest BCUT2D eigenvalue weighted by molar-refractivity contribution is 7.82. The molecule has 1 aliphatic carbocycles. The minimum atomic E-state index is -4.29. The van der Waals surface area contributed by atoms with Gasteiger partial charge in [-0.15, -0.1) is 0 Å². The van der Waals surface area contributed by atoms with Gasteiger partial charge in [-0.2, -0.15) is 8.42 Å². The van der Waals surface area contributed by atoms with E-state index in [4.69, 9.17) is 4.18 Å². The number of hydrogen-bond donors (Lipinski definition) is 1. The fourth-order valence-electron chi connectivity index (χ4n) is 4.71. The highest BCUT2D eigenvalue weighted by Crippen LogP contribution is 2.53. The van der Waals surface area contributed by atoms with E-state index >= 15 is 0 Å². The Morgan fingerprint density at radius 1 is 1.03 bits per heavy atom. The summed E-state index contributed by atoms with van der Waals surface area (Å²) in [6.07, 6.45) is 4.42. The number of fused-ring (bicyclic) bond motifs is 1. The second kappa shape index (κ2) is 7.55. The second-order valence-corrected chi connectivity index (χ2v) is 8.73. The Morgan fingerprint density at radius 3 is 2.33 bits per heavy atom. The van der Waals surface area contributed by atoms with E-state index in [0.29, 0.717) is 11.1 Å². The number of amides is 1. The molecule has 6 nitrogen and oxygen atoms in total. The number of hydrogen-bond acceptors (Lipinski definition) is 5. The lowest BCUT2D eigenvalue weighted by Gasteiger charge is -2.39. The average Bonchev–Trinajstić information content (AvgIpc) is 3.05. The van der Waals surface area contributed by atoms with Crippen molar-refractivity contribution in [3.05, 3.63) is 66.3 Å². The van der Waals surface area contributed by atoms with Crippen molar-refractivity contribution in [1.29, 1.82) is 0 Å². The molecule has 1 amide bonds. The summed E-state index contributed by atoms with van der Waals surface area (Å²) in [5, 5.41) is 2.55. The topological polar surface area (TPSA) is 81.7 Å². The summed E-state index contributed by atoms with van der Waals surface area (Å²) in [6.45, 7) is 0. The molecule has 0 bridgehead atoms. The summed E-state index contributed by atoms with van der Waals surface area (Å²) in [6, 6.07) is 8.40. The van der Waals surface area contributed by atoms with Crippen LogP contribution in [-0.2, 0) is 24.8 Å². The van der Waals surface area contributed by atoms with E-state index < -0.39 is 33.4 Å². The van der Waals surface area contributed by atoms with Crippen LogP contribution in [0.2, 0.25) is 0 Å². The first kappa shape index (κ1) is 20.6. The van der Waals surface area contributed by atoms with E-state index in [1.54, 1.807) is 12.1 Å². The molecule has 1 fully saturated rings. The molecule has 30 heavy (non-hydrogen) atoms. The van der Waals surface area contributed by atoms with Crippen molar-refractivity contribution < 1.29 is 30.4 Å². The summed E-state index contributed by atoms with van der Waals surface area (Å²) in [5.74, 6) is -2.68. The predicted molar refractivity (Wildman–Crippen MR) is 105 cm³/mol. The van der Waals surface area contributed by atoms with Crippen molar-refractivity contribution in [3.63, 3.8) is 0 Å². The van der Waals surface area contributed by atoms with Crippen molar-refractivity contribution in [1.82, 2.24) is 0 Å². The van der Waals surface area contributed by atoms with E-state index in [0.717, 1.165) is 38.2 Å². The van der Waals surface area contributed by atoms with Crippen LogP contribution >= 0.6 is 0 Å².